The number of Topliss-reactive ketones (excluding diaryl/α,β-unsaturated/α-hetero) is 1. The molecule has 2 amide bonds. The standard InChI is InChI=1S/C30H33N3O6S/c1-20(34)31-23-10-12-24(13-11-23)40(37,38)32-15-4-6-22(19-32)28(35)18-21-9-14-27-29-25(21)7-3-8-26(29)30(36)33(27)16-5-17-39-2/h3,7-14,22H,4-6,15-19H2,1-2H3,(H,31,34). The summed E-state index contributed by atoms with van der Waals surface area (Å²) in [5, 5.41) is 4.38. The summed E-state index contributed by atoms with van der Waals surface area (Å²) in [7, 11) is -2.15. The number of carbonyl (C=O) groups is 3. The molecule has 2 aliphatic heterocycles. The lowest BCUT2D eigenvalue weighted by Crippen LogP contribution is -2.42. The lowest BCUT2D eigenvalue weighted by atomic mass is 9.89. The Labute approximate surface area is 234 Å². The van der Waals surface area contributed by atoms with E-state index in [1.807, 2.05) is 30.3 Å². The van der Waals surface area contributed by atoms with Crippen LogP contribution >= 0.6 is 0 Å². The molecule has 1 atom stereocenters. The molecule has 5 rings (SSSR count). The number of rotatable bonds is 10. The Kier molecular flexibility index (Phi) is 8.02. The van der Waals surface area contributed by atoms with Gasteiger partial charge in [0.15, 0.2) is 0 Å². The van der Waals surface area contributed by atoms with Crippen molar-refractivity contribution in [2.45, 2.75) is 37.5 Å². The van der Waals surface area contributed by atoms with E-state index in [1.165, 1.54) is 23.4 Å². The van der Waals surface area contributed by atoms with Crippen molar-refractivity contribution in [3.63, 3.8) is 0 Å². The highest BCUT2D eigenvalue weighted by Gasteiger charge is 2.34. The van der Waals surface area contributed by atoms with Crippen molar-refractivity contribution < 1.29 is 27.5 Å². The Balaban J connectivity index is 1.33. The Bertz CT molecular complexity index is 1570. The molecule has 2 aliphatic rings. The molecule has 1 N–H and O–H groups in total. The summed E-state index contributed by atoms with van der Waals surface area (Å²) in [5.74, 6) is -0.710. The Hall–Kier alpha value is -3.60. The minimum absolute atomic E-state index is 0.0112. The summed E-state index contributed by atoms with van der Waals surface area (Å²) in [6.45, 7) is 2.98. The summed E-state index contributed by atoms with van der Waals surface area (Å²) < 4.78 is 33.2. The number of nitrogens with one attached hydrogen (secondary N) is 1. The maximum absolute atomic E-state index is 13.5. The smallest absolute Gasteiger partial charge is 0.258 e. The SMILES string of the molecule is COCCCN1C(=O)c2cccc3c(CC(=O)C4CCCN(S(=O)(=O)c5ccc(NC(C)=O)cc5)C4)ccc1c23. The number of piperidine rings is 1. The molecule has 1 saturated heterocycles. The van der Waals surface area contributed by atoms with E-state index in [0.717, 1.165) is 28.4 Å². The molecule has 0 aliphatic carbocycles. The van der Waals surface area contributed by atoms with Crippen molar-refractivity contribution in [2.24, 2.45) is 5.92 Å². The second-order valence-electron chi connectivity index (χ2n) is 10.3. The number of hydrogen-bond acceptors (Lipinski definition) is 6. The van der Waals surface area contributed by atoms with Crippen LogP contribution in [0.3, 0.4) is 0 Å². The van der Waals surface area contributed by atoms with Gasteiger partial charge < -0.3 is 15.0 Å². The Morgan fingerprint density at radius 1 is 1.07 bits per heavy atom. The predicted molar refractivity (Wildman–Crippen MR) is 153 cm³/mol. The van der Waals surface area contributed by atoms with E-state index in [2.05, 4.69) is 5.32 Å². The molecule has 3 aromatic carbocycles. The van der Waals surface area contributed by atoms with E-state index < -0.39 is 15.9 Å². The molecule has 1 fully saturated rings. The van der Waals surface area contributed by atoms with Gasteiger partial charge in [-0.2, -0.15) is 4.31 Å². The molecule has 0 radical (unpaired) electrons. The van der Waals surface area contributed by atoms with Crippen LogP contribution in [-0.2, 0) is 30.8 Å². The first kappa shape index (κ1) is 27.9. The maximum atomic E-state index is 13.5. The van der Waals surface area contributed by atoms with E-state index in [0.29, 0.717) is 43.8 Å². The molecule has 0 bridgehead atoms. The third kappa shape index (κ3) is 5.39. The van der Waals surface area contributed by atoms with Gasteiger partial charge in [-0.05, 0) is 66.6 Å². The van der Waals surface area contributed by atoms with E-state index in [4.69, 9.17) is 4.74 Å². The normalized spacial score (nSPS) is 17.4. The number of ether oxygens (including phenoxy) is 1. The van der Waals surface area contributed by atoms with Crippen LogP contribution in [0, 0.1) is 5.92 Å². The van der Waals surface area contributed by atoms with Crippen molar-refractivity contribution in [2.75, 3.05) is 43.6 Å². The fraction of sp³-hybridized carbons (Fsp3) is 0.367. The van der Waals surface area contributed by atoms with Gasteiger partial charge in [0.2, 0.25) is 15.9 Å². The molecule has 3 aromatic rings. The van der Waals surface area contributed by atoms with Crippen molar-refractivity contribution in [3.8, 4) is 0 Å². The summed E-state index contributed by atoms with van der Waals surface area (Å²) in [6.07, 6.45) is 2.11. The average molecular weight is 564 g/mol. The molecule has 10 heteroatoms. The zero-order chi connectivity index (χ0) is 28.4. The molecular weight excluding hydrogens is 530 g/mol. The highest BCUT2D eigenvalue weighted by Crippen LogP contribution is 2.39. The molecule has 9 nitrogen and oxygen atoms in total. The van der Waals surface area contributed by atoms with Crippen LogP contribution in [0.25, 0.3) is 10.8 Å². The third-order valence-corrected chi connectivity index (χ3v) is 9.50. The van der Waals surface area contributed by atoms with Gasteiger partial charge in [-0.3, -0.25) is 14.4 Å². The summed E-state index contributed by atoms with van der Waals surface area (Å²) in [6, 6.07) is 15.5. The number of anilines is 2. The minimum atomic E-state index is -3.79. The first-order valence-corrected chi connectivity index (χ1v) is 14.9. The van der Waals surface area contributed by atoms with E-state index >= 15 is 0 Å². The highest BCUT2D eigenvalue weighted by atomic mass is 32.2. The number of ketones is 1. The van der Waals surface area contributed by atoms with Crippen LogP contribution in [0.15, 0.2) is 59.5 Å². The third-order valence-electron chi connectivity index (χ3n) is 7.62. The highest BCUT2D eigenvalue weighted by molar-refractivity contribution is 7.89. The summed E-state index contributed by atoms with van der Waals surface area (Å²) >= 11 is 0. The van der Waals surface area contributed by atoms with Crippen molar-refractivity contribution in [1.82, 2.24) is 4.31 Å². The number of carbonyl (C=O) groups excluding carboxylic acids is 3. The first-order valence-electron chi connectivity index (χ1n) is 13.5. The second kappa shape index (κ2) is 11.5. The van der Waals surface area contributed by atoms with Crippen LogP contribution in [0.4, 0.5) is 11.4 Å². The number of nitrogens with zero attached hydrogens (tertiary/aromatic N) is 2. The van der Waals surface area contributed by atoms with E-state index in [9.17, 15) is 22.8 Å². The van der Waals surface area contributed by atoms with Gasteiger partial charge in [0.05, 0.1) is 10.6 Å². The molecule has 210 valence electrons. The van der Waals surface area contributed by atoms with Gasteiger partial charge in [-0.25, -0.2) is 8.42 Å². The average Bonchev–Trinajstić information content (AvgIpc) is 3.22. The van der Waals surface area contributed by atoms with Crippen LogP contribution < -0.4 is 10.2 Å². The van der Waals surface area contributed by atoms with Gasteiger partial charge in [0.25, 0.3) is 5.91 Å². The van der Waals surface area contributed by atoms with Crippen molar-refractivity contribution in [3.05, 3.63) is 65.7 Å². The maximum Gasteiger partial charge on any atom is 0.258 e. The number of methoxy groups -OCH3 is 1. The predicted octanol–water partition coefficient (Wildman–Crippen LogP) is 4.01. The van der Waals surface area contributed by atoms with Crippen LogP contribution in [0.2, 0.25) is 0 Å². The Morgan fingerprint density at radius 3 is 2.58 bits per heavy atom. The van der Waals surface area contributed by atoms with Gasteiger partial charge in [0.1, 0.15) is 5.78 Å². The topological polar surface area (TPSA) is 113 Å². The number of amides is 2. The molecule has 0 spiro atoms. The zero-order valence-electron chi connectivity index (χ0n) is 22.7. The summed E-state index contributed by atoms with van der Waals surface area (Å²) in [4.78, 5) is 39.8. The van der Waals surface area contributed by atoms with Gasteiger partial charge in [-0.1, -0.05) is 18.2 Å². The fourth-order valence-corrected chi connectivity index (χ4v) is 7.19. The number of hydrogen-bond donors (Lipinski definition) is 1. The van der Waals surface area contributed by atoms with Crippen LogP contribution in [0.1, 0.15) is 42.1 Å². The monoisotopic (exact) mass is 563 g/mol. The molecule has 2 heterocycles. The molecular formula is C30H33N3O6S. The van der Waals surface area contributed by atoms with Gasteiger partial charge in [-0.15, -0.1) is 0 Å². The lowest BCUT2D eigenvalue weighted by Gasteiger charge is -2.31. The number of sulfonamides is 1. The second-order valence-corrected chi connectivity index (χ2v) is 12.3. The van der Waals surface area contributed by atoms with Crippen LogP contribution in [0.5, 0.6) is 0 Å². The van der Waals surface area contributed by atoms with Crippen molar-refractivity contribution >= 4 is 49.8 Å². The lowest BCUT2D eigenvalue weighted by molar-refractivity contribution is -0.123. The molecule has 40 heavy (non-hydrogen) atoms. The first-order chi connectivity index (χ1) is 19.2. The van der Waals surface area contributed by atoms with Crippen LogP contribution in [-0.4, -0.2) is 63.7 Å². The van der Waals surface area contributed by atoms with E-state index in [1.54, 1.807) is 24.1 Å². The molecule has 0 aromatic heterocycles. The molecule has 0 saturated carbocycles. The minimum Gasteiger partial charge on any atom is -0.385 e. The summed E-state index contributed by atoms with van der Waals surface area (Å²) in [5.41, 5.74) is 2.84. The fourth-order valence-electron chi connectivity index (χ4n) is 5.67. The zero-order valence-corrected chi connectivity index (χ0v) is 23.5. The largest absolute Gasteiger partial charge is 0.385 e. The Morgan fingerprint density at radius 2 is 1.85 bits per heavy atom. The van der Waals surface area contributed by atoms with Crippen molar-refractivity contribution in [1.29, 1.82) is 0 Å². The van der Waals surface area contributed by atoms with Gasteiger partial charge >= 0.3 is 0 Å². The number of benzene rings is 3. The quantitative estimate of drug-likeness (QED) is 0.373. The molecule has 1 unspecified atom stereocenters. The van der Waals surface area contributed by atoms with Gasteiger partial charge in [0, 0.05) is 69.3 Å². The van der Waals surface area contributed by atoms with E-state index in [-0.39, 0.29) is 35.5 Å².